The minimum Gasteiger partial charge on any atom is -0.396 e. The zero-order valence-corrected chi connectivity index (χ0v) is 13.1. The monoisotopic (exact) mass is 296 g/mol. The van der Waals surface area contributed by atoms with Gasteiger partial charge in [-0.3, -0.25) is 0 Å². The molecule has 0 spiro atoms. The van der Waals surface area contributed by atoms with E-state index in [9.17, 15) is 8.42 Å². The van der Waals surface area contributed by atoms with E-state index in [0.29, 0.717) is 11.7 Å². The zero-order valence-electron chi connectivity index (χ0n) is 12.3. The second-order valence-corrected chi connectivity index (χ2v) is 7.55. The van der Waals surface area contributed by atoms with Gasteiger partial charge >= 0.3 is 0 Å². The Balaban J connectivity index is 2.45. The lowest BCUT2D eigenvalue weighted by molar-refractivity contribution is 0.556. The maximum Gasteiger partial charge on any atom is 0.177 e. The maximum absolute atomic E-state index is 11.8. The van der Waals surface area contributed by atoms with Gasteiger partial charge in [-0.25, -0.2) is 8.42 Å². The topological polar surface area (TPSA) is 63.4 Å². The predicted molar refractivity (Wildman–Crippen MR) is 83.9 cm³/mol. The number of benzene rings is 1. The van der Waals surface area contributed by atoms with Gasteiger partial charge in [-0.05, 0) is 31.4 Å². The maximum atomic E-state index is 11.8. The summed E-state index contributed by atoms with van der Waals surface area (Å²) in [5, 5.41) is 0. The smallest absolute Gasteiger partial charge is 0.177 e. The van der Waals surface area contributed by atoms with Gasteiger partial charge in [0.05, 0.1) is 16.3 Å². The third-order valence-electron chi connectivity index (χ3n) is 4.10. The fourth-order valence-corrected chi connectivity index (χ4v) is 3.85. The molecular formula is C15H24N2O2S. The third-order valence-corrected chi connectivity index (χ3v) is 5.26. The average Bonchev–Trinajstić information content (AvgIpc) is 2.62. The van der Waals surface area contributed by atoms with E-state index in [1.165, 1.54) is 19.1 Å². The van der Waals surface area contributed by atoms with Crippen molar-refractivity contribution in [1.29, 1.82) is 0 Å². The molecule has 1 aliphatic heterocycles. The largest absolute Gasteiger partial charge is 0.396 e. The Hall–Kier alpha value is -1.23. The zero-order chi connectivity index (χ0) is 14.8. The highest BCUT2D eigenvalue weighted by Crippen LogP contribution is 2.34. The van der Waals surface area contributed by atoms with Crippen LogP contribution in [0.2, 0.25) is 0 Å². The van der Waals surface area contributed by atoms with Gasteiger partial charge in [0.25, 0.3) is 0 Å². The standard InChI is InChI=1S/C15H24N2O2S/c1-3-12-8-5-4-6-11-17(12)13-9-7-10-14(15(13)16)20(2,18)19/h7,9-10,12H,3-6,8,11,16H2,1-2H3. The molecule has 0 saturated carbocycles. The summed E-state index contributed by atoms with van der Waals surface area (Å²) in [6.45, 7) is 3.13. The Morgan fingerprint density at radius 1 is 1.30 bits per heavy atom. The molecule has 1 aromatic rings. The van der Waals surface area contributed by atoms with Gasteiger partial charge in [0.15, 0.2) is 9.84 Å². The summed E-state index contributed by atoms with van der Waals surface area (Å²) >= 11 is 0. The summed E-state index contributed by atoms with van der Waals surface area (Å²) in [4.78, 5) is 2.55. The quantitative estimate of drug-likeness (QED) is 0.871. The minimum atomic E-state index is -3.28. The molecule has 2 N–H and O–H groups in total. The Morgan fingerprint density at radius 2 is 2.05 bits per heavy atom. The summed E-state index contributed by atoms with van der Waals surface area (Å²) in [6.07, 6.45) is 7.03. The van der Waals surface area contributed by atoms with Crippen LogP contribution in [-0.4, -0.2) is 27.3 Å². The van der Waals surface area contributed by atoms with Gasteiger partial charge in [0.2, 0.25) is 0 Å². The molecule has 0 radical (unpaired) electrons. The van der Waals surface area contributed by atoms with Gasteiger partial charge in [-0.15, -0.1) is 0 Å². The van der Waals surface area contributed by atoms with E-state index >= 15 is 0 Å². The molecule has 1 aliphatic rings. The summed E-state index contributed by atoms with van der Waals surface area (Å²) in [6, 6.07) is 5.78. The second kappa shape index (κ2) is 6.04. The lowest BCUT2D eigenvalue weighted by Gasteiger charge is -2.32. The van der Waals surface area contributed by atoms with Gasteiger partial charge in [-0.1, -0.05) is 25.8 Å². The average molecular weight is 296 g/mol. The molecule has 4 nitrogen and oxygen atoms in total. The van der Waals surface area contributed by atoms with E-state index in [1.807, 2.05) is 6.07 Å². The van der Waals surface area contributed by atoms with Crippen LogP contribution in [0.1, 0.15) is 39.0 Å². The lowest BCUT2D eigenvalue weighted by atomic mass is 10.1. The number of nitrogens with zero attached hydrogens (tertiary/aromatic N) is 1. The predicted octanol–water partition coefficient (Wildman–Crippen LogP) is 2.83. The van der Waals surface area contributed by atoms with E-state index < -0.39 is 9.84 Å². The first-order valence-electron chi connectivity index (χ1n) is 7.30. The van der Waals surface area contributed by atoms with Crippen LogP contribution in [0, 0.1) is 0 Å². The van der Waals surface area contributed by atoms with E-state index in [-0.39, 0.29) is 4.90 Å². The molecule has 1 heterocycles. The minimum absolute atomic E-state index is 0.245. The Kier molecular flexibility index (Phi) is 4.58. The highest BCUT2D eigenvalue weighted by atomic mass is 32.2. The van der Waals surface area contributed by atoms with Crippen molar-refractivity contribution in [1.82, 2.24) is 0 Å². The van der Waals surface area contributed by atoms with Crippen molar-refractivity contribution in [2.75, 3.05) is 23.4 Å². The number of hydrogen-bond donors (Lipinski definition) is 1. The highest BCUT2D eigenvalue weighted by Gasteiger charge is 2.23. The van der Waals surface area contributed by atoms with Crippen LogP contribution in [-0.2, 0) is 9.84 Å². The van der Waals surface area contributed by atoms with Crippen LogP contribution in [0.4, 0.5) is 11.4 Å². The first-order chi connectivity index (χ1) is 9.45. The number of hydrogen-bond acceptors (Lipinski definition) is 4. The van der Waals surface area contributed by atoms with Crippen LogP contribution >= 0.6 is 0 Å². The molecule has 2 rings (SSSR count). The normalized spacial score (nSPS) is 20.7. The molecular weight excluding hydrogens is 272 g/mol. The second-order valence-electron chi connectivity index (χ2n) is 5.57. The molecule has 1 atom stereocenters. The van der Waals surface area contributed by atoms with E-state index in [4.69, 9.17) is 5.73 Å². The van der Waals surface area contributed by atoms with Gasteiger partial charge < -0.3 is 10.6 Å². The fraction of sp³-hybridized carbons (Fsp3) is 0.600. The SMILES string of the molecule is CCC1CCCCCN1c1cccc(S(C)(=O)=O)c1N. The number of rotatable bonds is 3. The molecule has 1 saturated heterocycles. The Morgan fingerprint density at radius 3 is 2.70 bits per heavy atom. The van der Waals surface area contributed by atoms with Crippen LogP contribution < -0.4 is 10.6 Å². The first-order valence-corrected chi connectivity index (χ1v) is 9.19. The first kappa shape index (κ1) is 15.2. The number of para-hydroxylation sites is 1. The molecule has 20 heavy (non-hydrogen) atoms. The van der Waals surface area contributed by atoms with Gasteiger partial charge in [-0.2, -0.15) is 0 Å². The molecule has 112 valence electrons. The van der Waals surface area contributed by atoms with Crippen molar-refractivity contribution in [3.63, 3.8) is 0 Å². The highest BCUT2D eigenvalue weighted by molar-refractivity contribution is 7.90. The molecule has 0 aliphatic carbocycles. The van der Waals surface area contributed by atoms with Crippen molar-refractivity contribution in [2.45, 2.75) is 50.0 Å². The Bertz CT molecular complexity index is 569. The van der Waals surface area contributed by atoms with E-state index in [2.05, 4.69) is 11.8 Å². The molecule has 0 amide bonds. The van der Waals surface area contributed by atoms with Crippen molar-refractivity contribution in [3.05, 3.63) is 18.2 Å². The van der Waals surface area contributed by atoms with Crippen molar-refractivity contribution in [3.8, 4) is 0 Å². The summed E-state index contributed by atoms with van der Waals surface area (Å²) < 4.78 is 23.6. The van der Waals surface area contributed by atoms with Crippen molar-refractivity contribution < 1.29 is 8.42 Å². The van der Waals surface area contributed by atoms with Crippen LogP contribution in [0.3, 0.4) is 0 Å². The lowest BCUT2D eigenvalue weighted by Crippen LogP contribution is -2.35. The summed E-state index contributed by atoms with van der Waals surface area (Å²) in [5.41, 5.74) is 7.42. The van der Waals surface area contributed by atoms with Crippen LogP contribution in [0.25, 0.3) is 0 Å². The molecule has 0 aromatic heterocycles. The number of nitrogens with two attached hydrogens (primary N) is 1. The number of sulfone groups is 1. The van der Waals surface area contributed by atoms with Gasteiger partial charge in [0, 0.05) is 18.8 Å². The van der Waals surface area contributed by atoms with Crippen LogP contribution in [0.15, 0.2) is 23.1 Å². The van der Waals surface area contributed by atoms with E-state index in [1.54, 1.807) is 12.1 Å². The van der Waals surface area contributed by atoms with E-state index in [0.717, 1.165) is 31.5 Å². The van der Waals surface area contributed by atoms with Crippen molar-refractivity contribution >= 4 is 21.2 Å². The molecule has 1 aromatic carbocycles. The number of nitrogen functional groups attached to an aromatic ring is 1. The van der Waals surface area contributed by atoms with Crippen LogP contribution in [0.5, 0.6) is 0 Å². The summed E-state index contributed by atoms with van der Waals surface area (Å²) in [5.74, 6) is 0. The van der Waals surface area contributed by atoms with Gasteiger partial charge in [0.1, 0.15) is 0 Å². The molecule has 0 bridgehead atoms. The van der Waals surface area contributed by atoms with Crippen molar-refractivity contribution in [2.24, 2.45) is 0 Å². The third kappa shape index (κ3) is 3.08. The number of anilines is 2. The summed E-state index contributed by atoms with van der Waals surface area (Å²) in [7, 11) is -3.28. The fourth-order valence-electron chi connectivity index (χ4n) is 3.03. The molecule has 1 fully saturated rings. The molecule has 1 unspecified atom stereocenters. The molecule has 5 heteroatoms. The Labute approximate surface area is 121 Å².